The molecule has 6 heteroatoms. The van der Waals surface area contributed by atoms with Crippen molar-refractivity contribution >= 4 is 5.91 Å². The lowest BCUT2D eigenvalue weighted by atomic mass is 10.1. The molecular weight excluding hydrogens is 316 g/mol. The molecule has 1 fully saturated rings. The second-order valence-corrected chi connectivity index (χ2v) is 6.72. The first-order valence-electron chi connectivity index (χ1n) is 8.62. The molecule has 0 aliphatic carbocycles. The van der Waals surface area contributed by atoms with Gasteiger partial charge in [-0.1, -0.05) is 12.1 Å². The fourth-order valence-electron chi connectivity index (χ4n) is 3.35. The van der Waals surface area contributed by atoms with E-state index in [0.29, 0.717) is 5.92 Å². The zero-order valence-electron chi connectivity index (χ0n) is 14.5. The molecule has 0 radical (unpaired) electrons. The first kappa shape index (κ1) is 17.4. The predicted molar refractivity (Wildman–Crippen MR) is 96.0 cm³/mol. The summed E-state index contributed by atoms with van der Waals surface area (Å²) in [6.45, 7) is 3.46. The summed E-state index contributed by atoms with van der Waals surface area (Å²) in [5, 5.41) is 0. The normalized spacial score (nSPS) is 17.2. The Balaban J connectivity index is 1.49. The van der Waals surface area contributed by atoms with Gasteiger partial charge >= 0.3 is 0 Å². The van der Waals surface area contributed by atoms with Crippen LogP contribution >= 0.6 is 0 Å². The molecule has 1 amide bonds. The van der Waals surface area contributed by atoms with E-state index < -0.39 is 0 Å². The topological polar surface area (TPSA) is 58.4 Å². The number of hydrogen-bond donors (Lipinski definition) is 0. The quantitative estimate of drug-likeness (QED) is 0.793. The maximum absolute atomic E-state index is 12.4. The molecule has 0 spiro atoms. The third-order valence-electron chi connectivity index (χ3n) is 4.59. The molecule has 3 heterocycles. The molecule has 0 saturated carbocycles. The Hall–Kier alpha value is -2.47. The van der Waals surface area contributed by atoms with Crippen molar-refractivity contribution in [3.05, 3.63) is 64.8 Å². The minimum Gasteiger partial charge on any atom is -0.341 e. The van der Waals surface area contributed by atoms with E-state index in [9.17, 15) is 9.59 Å². The van der Waals surface area contributed by atoms with Gasteiger partial charge in [0.2, 0.25) is 5.91 Å². The number of rotatable bonds is 6. The van der Waals surface area contributed by atoms with E-state index in [2.05, 4.69) is 23.0 Å². The van der Waals surface area contributed by atoms with Gasteiger partial charge in [-0.25, -0.2) is 0 Å². The second-order valence-electron chi connectivity index (χ2n) is 6.72. The summed E-state index contributed by atoms with van der Waals surface area (Å²) in [4.78, 5) is 32.5. The van der Waals surface area contributed by atoms with Gasteiger partial charge in [-0.3, -0.25) is 14.6 Å². The largest absolute Gasteiger partial charge is 0.341 e. The van der Waals surface area contributed by atoms with Gasteiger partial charge in [0, 0.05) is 50.8 Å². The van der Waals surface area contributed by atoms with Crippen molar-refractivity contribution in [2.24, 2.45) is 5.92 Å². The number of carbonyl (C=O) groups excluding carboxylic acids is 1. The number of likely N-dealkylation sites (tertiary alicyclic amines) is 1. The summed E-state index contributed by atoms with van der Waals surface area (Å²) in [7, 11) is 2.10. The average Bonchev–Trinajstić information content (AvgIpc) is 3.06. The lowest BCUT2D eigenvalue weighted by molar-refractivity contribution is -0.131. The summed E-state index contributed by atoms with van der Waals surface area (Å²) in [5.41, 5.74) is 1.06. The van der Waals surface area contributed by atoms with Crippen molar-refractivity contribution < 1.29 is 4.79 Å². The third kappa shape index (κ3) is 4.76. The molecule has 0 bridgehead atoms. The summed E-state index contributed by atoms with van der Waals surface area (Å²) in [5.74, 6) is 0.490. The van der Waals surface area contributed by atoms with Crippen LogP contribution in [0.25, 0.3) is 0 Å². The lowest BCUT2D eigenvalue weighted by Gasteiger charge is -2.21. The van der Waals surface area contributed by atoms with Gasteiger partial charge in [-0.15, -0.1) is 0 Å². The molecule has 6 nitrogen and oxygen atoms in total. The van der Waals surface area contributed by atoms with Crippen molar-refractivity contribution in [2.75, 3.05) is 26.7 Å². The van der Waals surface area contributed by atoms with Crippen molar-refractivity contribution in [3.8, 4) is 0 Å². The number of pyridine rings is 2. The van der Waals surface area contributed by atoms with Gasteiger partial charge in [0.25, 0.3) is 5.56 Å². The Morgan fingerprint density at radius 3 is 2.96 bits per heavy atom. The smallest absolute Gasteiger partial charge is 0.250 e. The van der Waals surface area contributed by atoms with Crippen molar-refractivity contribution in [1.82, 2.24) is 19.4 Å². The minimum absolute atomic E-state index is 0.0192. The Labute approximate surface area is 147 Å². The molecule has 1 atom stereocenters. The highest BCUT2D eigenvalue weighted by atomic mass is 16.2. The van der Waals surface area contributed by atoms with E-state index in [1.54, 1.807) is 24.5 Å². The van der Waals surface area contributed by atoms with E-state index in [0.717, 1.165) is 32.6 Å². The zero-order chi connectivity index (χ0) is 17.6. The van der Waals surface area contributed by atoms with Crippen LogP contribution < -0.4 is 5.56 Å². The summed E-state index contributed by atoms with van der Waals surface area (Å²) < 4.78 is 1.46. The summed E-state index contributed by atoms with van der Waals surface area (Å²) >= 11 is 0. The summed E-state index contributed by atoms with van der Waals surface area (Å²) in [6, 6.07) is 8.96. The number of aromatic nitrogens is 2. The molecule has 0 aromatic carbocycles. The van der Waals surface area contributed by atoms with Gasteiger partial charge in [-0.2, -0.15) is 0 Å². The number of hydrogen-bond acceptors (Lipinski definition) is 4. The van der Waals surface area contributed by atoms with Crippen LogP contribution in [0.2, 0.25) is 0 Å². The minimum atomic E-state index is -0.136. The molecule has 1 unspecified atom stereocenters. The third-order valence-corrected chi connectivity index (χ3v) is 4.59. The number of amides is 1. The highest BCUT2D eigenvalue weighted by Crippen LogP contribution is 2.18. The summed E-state index contributed by atoms with van der Waals surface area (Å²) in [6.07, 6.45) is 6.34. The van der Waals surface area contributed by atoms with Gasteiger partial charge < -0.3 is 14.4 Å². The van der Waals surface area contributed by atoms with Crippen molar-refractivity contribution in [2.45, 2.75) is 19.5 Å². The maximum Gasteiger partial charge on any atom is 0.250 e. The molecular formula is C19H24N4O2. The van der Waals surface area contributed by atoms with E-state index in [-0.39, 0.29) is 18.0 Å². The van der Waals surface area contributed by atoms with Crippen LogP contribution in [0.4, 0.5) is 0 Å². The highest BCUT2D eigenvalue weighted by molar-refractivity contribution is 5.76. The van der Waals surface area contributed by atoms with E-state index in [4.69, 9.17) is 0 Å². The molecule has 2 aromatic rings. The Bertz CT molecular complexity index is 759. The van der Waals surface area contributed by atoms with Crippen LogP contribution in [0.1, 0.15) is 12.0 Å². The van der Waals surface area contributed by atoms with Crippen LogP contribution in [-0.4, -0.2) is 51.9 Å². The first-order valence-corrected chi connectivity index (χ1v) is 8.62. The van der Waals surface area contributed by atoms with Gasteiger partial charge in [0.1, 0.15) is 6.54 Å². The van der Waals surface area contributed by atoms with Gasteiger partial charge in [0.15, 0.2) is 0 Å². The molecule has 1 saturated heterocycles. The van der Waals surface area contributed by atoms with E-state index in [1.807, 2.05) is 17.2 Å². The fourth-order valence-corrected chi connectivity index (χ4v) is 3.35. The van der Waals surface area contributed by atoms with Gasteiger partial charge in [-0.05, 0) is 37.1 Å². The average molecular weight is 340 g/mol. The van der Waals surface area contributed by atoms with Crippen LogP contribution in [0, 0.1) is 5.92 Å². The molecule has 2 aromatic heterocycles. The Morgan fingerprint density at radius 2 is 2.20 bits per heavy atom. The second kappa shape index (κ2) is 8.07. The lowest BCUT2D eigenvalue weighted by Crippen LogP contribution is -2.35. The van der Waals surface area contributed by atoms with Crippen LogP contribution in [0.5, 0.6) is 0 Å². The van der Waals surface area contributed by atoms with Crippen molar-refractivity contribution in [1.29, 1.82) is 0 Å². The monoisotopic (exact) mass is 340 g/mol. The van der Waals surface area contributed by atoms with Crippen LogP contribution in [0.3, 0.4) is 0 Å². The zero-order valence-corrected chi connectivity index (χ0v) is 14.5. The molecule has 1 aliphatic rings. The molecule has 1 aliphatic heterocycles. The van der Waals surface area contributed by atoms with Crippen LogP contribution in [0.15, 0.2) is 53.7 Å². The standard InChI is InChI=1S/C19H24N4O2/c1-21(12-16-5-4-8-20-11-16)13-17-7-10-23(14-17)19(25)15-22-9-3-2-6-18(22)24/h2-6,8-9,11,17H,7,10,12-15H2,1H3. The molecule has 0 N–H and O–H groups in total. The van der Waals surface area contributed by atoms with E-state index in [1.165, 1.54) is 16.2 Å². The first-order chi connectivity index (χ1) is 12.1. The number of carbonyl (C=O) groups is 1. The van der Waals surface area contributed by atoms with E-state index >= 15 is 0 Å². The Morgan fingerprint density at radius 1 is 1.32 bits per heavy atom. The Kier molecular flexibility index (Phi) is 5.60. The van der Waals surface area contributed by atoms with Crippen LogP contribution in [-0.2, 0) is 17.9 Å². The number of nitrogens with zero attached hydrogens (tertiary/aromatic N) is 4. The predicted octanol–water partition coefficient (Wildman–Crippen LogP) is 1.22. The highest BCUT2D eigenvalue weighted by Gasteiger charge is 2.27. The molecule has 25 heavy (non-hydrogen) atoms. The molecule has 132 valence electrons. The SMILES string of the molecule is CN(Cc1cccnc1)CC1CCN(C(=O)Cn2ccccc2=O)C1. The van der Waals surface area contributed by atoms with Gasteiger partial charge in [0.05, 0.1) is 0 Å². The fraction of sp³-hybridized carbons (Fsp3) is 0.421. The molecule has 3 rings (SSSR count). The van der Waals surface area contributed by atoms with Crippen molar-refractivity contribution in [3.63, 3.8) is 0 Å². The maximum atomic E-state index is 12.4.